The fourth-order valence-corrected chi connectivity index (χ4v) is 4.05. The van der Waals surface area contributed by atoms with Gasteiger partial charge in [0.2, 0.25) is 5.91 Å². The molecule has 0 atom stereocenters. The Balaban J connectivity index is 1.79. The molecule has 2 amide bonds. The second-order valence-electron chi connectivity index (χ2n) is 7.49. The summed E-state index contributed by atoms with van der Waals surface area (Å²) in [5.74, 6) is 0.0180. The number of nitrogens with one attached hydrogen (secondary N) is 1. The predicted molar refractivity (Wildman–Crippen MR) is 118 cm³/mol. The van der Waals surface area contributed by atoms with E-state index >= 15 is 0 Å². The predicted octanol–water partition coefficient (Wildman–Crippen LogP) is 5.02. The van der Waals surface area contributed by atoms with E-state index in [1.807, 2.05) is 39.0 Å². The van der Waals surface area contributed by atoms with Crippen molar-refractivity contribution in [1.29, 1.82) is 0 Å². The summed E-state index contributed by atoms with van der Waals surface area (Å²) in [7, 11) is 0. The third-order valence-corrected chi connectivity index (χ3v) is 5.47. The lowest BCUT2D eigenvalue weighted by molar-refractivity contribution is -0.123. The van der Waals surface area contributed by atoms with E-state index in [9.17, 15) is 9.59 Å². The van der Waals surface area contributed by atoms with Crippen LogP contribution in [0, 0.1) is 0 Å². The van der Waals surface area contributed by atoms with E-state index in [1.165, 1.54) is 11.8 Å². The van der Waals surface area contributed by atoms with Crippen molar-refractivity contribution < 1.29 is 9.59 Å². The largest absolute Gasteiger partial charge is 0.352 e. The molecule has 4 nitrogen and oxygen atoms in total. The van der Waals surface area contributed by atoms with Gasteiger partial charge in [-0.1, -0.05) is 54.1 Å². The van der Waals surface area contributed by atoms with Crippen molar-refractivity contribution in [3.8, 4) is 0 Å². The highest BCUT2D eigenvalue weighted by Gasteiger charge is 2.31. The fourth-order valence-electron chi connectivity index (χ4n) is 2.62. The van der Waals surface area contributed by atoms with Gasteiger partial charge in [0.1, 0.15) is 4.32 Å². The van der Waals surface area contributed by atoms with Crippen molar-refractivity contribution in [2.24, 2.45) is 0 Å². The molecule has 1 saturated heterocycles. The van der Waals surface area contributed by atoms with Crippen LogP contribution in [-0.2, 0) is 9.59 Å². The molecule has 1 aliphatic heterocycles. The second-order valence-corrected chi connectivity index (χ2v) is 9.61. The van der Waals surface area contributed by atoms with Gasteiger partial charge in [-0.3, -0.25) is 14.5 Å². The molecule has 1 aromatic carbocycles. The Morgan fingerprint density at radius 1 is 1.22 bits per heavy atom. The van der Waals surface area contributed by atoms with E-state index in [0.717, 1.165) is 24.8 Å². The summed E-state index contributed by atoms with van der Waals surface area (Å²) < 4.78 is 0.589. The average Bonchev–Trinajstić information content (AvgIpc) is 2.82. The van der Waals surface area contributed by atoms with Gasteiger partial charge >= 0.3 is 0 Å². The monoisotopic (exact) mass is 424 g/mol. The molecule has 0 aliphatic carbocycles. The van der Waals surface area contributed by atoms with Crippen LogP contribution in [0.15, 0.2) is 29.2 Å². The maximum absolute atomic E-state index is 12.6. The molecule has 1 aliphatic rings. The van der Waals surface area contributed by atoms with Gasteiger partial charge in [0, 0.05) is 23.5 Å². The van der Waals surface area contributed by atoms with Crippen LogP contribution in [0.25, 0.3) is 6.08 Å². The minimum Gasteiger partial charge on any atom is -0.352 e. The highest BCUT2D eigenvalue weighted by Crippen LogP contribution is 2.32. The van der Waals surface area contributed by atoms with Crippen LogP contribution < -0.4 is 5.32 Å². The first kappa shape index (κ1) is 21.9. The molecule has 0 radical (unpaired) electrons. The molecule has 0 aromatic heterocycles. The molecule has 146 valence electrons. The van der Waals surface area contributed by atoms with Crippen molar-refractivity contribution in [2.75, 3.05) is 6.54 Å². The van der Waals surface area contributed by atoms with E-state index in [1.54, 1.807) is 17.0 Å². The number of rotatable bonds is 7. The van der Waals surface area contributed by atoms with Crippen LogP contribution in [0.2, 0.25) is 5.02 Å². The van der Waals surface area contributed by atoms with Gasteiger partial charge in [-0.15, -0.1) is 0 Å². The van der Waals surface area contributed by atoms with Crippen LogP contribution >= 0.6 is 35.6 Å². The van der Waals surface area contributed by atoms with E-state index in [4.69, 9.17) is 23.8 Å². The highest BCUT2D eigenvalue weighted by atomic mass is 35.5. The van der Waals surface area contributed by atoms with E-state index in [0.29, 0.717) is 27.2 Å². The lowest BCUT2D eigenvalue weighted by Crippen LogP contribution is -2.40. The normalized spacial score (nSPS) is 16.3. The Labute approximate surface area is 175 Å². The van der Waals surface area contributed by atoms with Crippen LogP contribution in [0.1, 0.15) is 52.0 Å². The molecule has 0 saturated carbocycles. The quantitative estimate of drug-likeness (QED) is 0.379. The Kier molecular flexibility index (Phi) is 7.89. The molecule has 0 bridgehead atoms. The smallest absolute Gasteiger partial charge is 0.266 e. The lowest BCUT2D eigenvalue weighted by Gasteiger charge is -2.20. The van der Waals surface area contributed by atoms with Crippen molar-refractivity contribution >= 4 is 57.8 Å². The molecule has 27 heavy (non-hydrogen) atoms. The highest BCUT2D eigenvalue weighted by molar-refractivity contribution is 8.26. The van der Waals surface area contributed by atoms with Crippen LogP contribution in [-0.4, -0.2) is 33.1 Å². The first-order valence-electron chi connectivity index (χ1n) is 8.98. The number of carbonyl (C=O) groups excluding carboxylic acids is 2. The number of amides is 2. The summed E-state index contributed by atoms with van der Waals surface area (Å²) in [5.41, 5.74) is 0.722. The molecule has 7 heteroatoms. The van der Waals surface area contributed by atoms with Gasteiger partial charge in [-0.25, -0.2) is 0 Å². The number of thioether (sulfide) groups is 1. The summed E-state index contributed by atoms with van der Waals surface area (Å²) in [5, 5.41) is 3.62. The molecule has 1 N–H and O–H groups in total. The molecule has 0 unspecified atom stereocenters. The van der Waals surface area contributed by atoms with Gasteiger partial charge in [0.25, 0.3) is 5.91 Å². The van der Waals surface area contributed by atoms with Crippen molar-refractivity contribution in [1.82, 2.24) is 10.2 Å². The van der Waals surface area contributed by atoms with E-state index < -0.39 is 0 Å². The van der Waals surface area contributed by atoms with Crippen LogP contribution in [0.5, 0.6) is 0 Å². The number of unbranched alkanes of at least 4 members (excludes halogenated alkanes) is 2. The topological polar surface area (TPSA) is 49.4 Å². The van der Waals surface area contributed by atoms with Gasteiger partial charge in [-0.2, -0.15) is 0 Å². The lowest BCUT2D eigenvalue weighted by atomic mass is 10.1. The standard InChI is InChI=1S/C20H25ClN2O2S2/c1-20(2,3)22-17(24)7-5-4-6-12-23-18(25)16(27-19(23)26)13-14-8-10-15(21)11-9-14/h8-11,13H,4-7,12H2,1-3H3,(H,22,24). The SMILES string of the molecule is CC(C)(C)NC(=O)CCCCCN1C(=O)C(=Cc2ccc(Cl)cc2)SC1=S. The van der Waals surface area contributed by atoms with Crippen LogP contribution in [0.3, 0.4) is 0 Å². The Hall–Kier alpha value is -1.37. The number of benzene rings is 1. The minimum absolute atomic E-state index is 0.0505. The third-order valence-electron chi connectivity index (χ3n) is 3.84. The van der Waals surface area contributed by atoms with E-state index in [2.05, 4.69) is 5.32 Å². The number of hydrogen-bond donors (Lipinski definition) is 1. The average molecular weight is 425 g/mol. The maximum Gasteiger partial charge on any atom is 0.266 e. The summed E-state index contributed by atoms with van der Waals surface area (Å²) in [6, 6.07) is 7.34. The summed E-state index contributed by atoms with van der Waals surface area (Å²) in [4.78, 5) is 26.7. The van der Waals surface area contributed by atoms with Crippen molar-refractivity contribution in [3.05, 3.63) is 39.8 Å². The molecule has 1 fully saturated rings. The molecule has 0 spiro atoms. The maximum atomic E-state index is 12.6. The number of nitrogens with zero attached hydrogens (tertiary/aromatic N) is 1. The fraction of sp³-hybridized carbons (Fsp3) is 0.450. The summed E-state index contributed by atoms with van der Waals surface area (Å²) in [6.07, 6.45) is 4.85. The Morgan fingerprint density at radius 2 is 1.89 bits per heavy atom. The first-order valence-corrected chi connectivity index (χ1v) is 10.6. The van der Waals surface area contributed by atoms with Crippen LogP contribution in [0.4, 0.5) is 0 Å². The zero-order valence-corrected chi connectivity index (χ0v) is 18.3. The number of hydrogen-bond acceptors (Lipinski definition) is 4. The Morgan fingerprint density at radius 3 is 2.52 bits per heavy atom. The van der Waals surface area contributed by atoms with Gasteiger partial charge in [0.15, 0.2) is 0 Å². The van der Waals surface area contributed by atoms with Gasteiger partial charge in [0.05, 0.1) is 4.91 Å². The molecular weight excluding hydrogens is 400 g/mol. The molecule has 1 heterocycles. The Bertz CT molecular complexity index is 739. The summed E-state index contributed by atoms with van der Waals surface area (Å²) >= 11 is 12.6. The first-order chi connectivity index (χ1) is 12.7. The minimum atomic E-state index is -0.199. The molecule has 1 aromatic rings. The van der Waals surface area contributed by atoms with Gasteiger partial charge < -0.3 is 5.32 Å². The zero-order chi connectivity index (χ0) is 20.0. The molecular formula is C20H25ClN2O2S2. The molecule has 2 rings (SSSR count). The second kappa shape index (κ2) is 9.71. The van der Waals surface area contributed by atoms with Crippen molar-refractivity contribution in [3.63, 3.8) is 0 Å². The number of halogens is 1. The van der Waals surface area contributed by atoms with Crippen molar-refractivity contribution in [2.45, 2.75) is 52.0 Å². The van der Waals surface area contributed by atoms with E-state index in [-0.39, 0.29) is 17.4 Å². The van der Waals surface area contributed by atoms with Gasteiger partial charge in [-0.05, 0) is 57.4 Å². The summed E-state index contributed by atoms with van der Waals surface area (Å²) in [6.45, 7) is 6.50. The number of thiocarbonyl (C=S) groups is 1. The third kappa shape index (κ3) is 7.28. The number of carbonyl (C=O) groups is 2. The zero-order valence-electron chi connectivity index (χ0n) is 15.9.